The van der Waals surface area contributed by atoms with Gasteiger partial charge in [0.05, 0.1) is 13.1 Å². The second kappa shape index (κ2) is 11.5. The topological polar surface area (TPSA) is 91.8 Å². The van der Waals surface area contributed by atoms with Gasteiger partial charge in [-0.25, -0.2) is 0 Å². The number of hydrogen-bond donors (Lipinski definition) is 3. The van der Waals surface area contributed by atoms with E-state index in [-0.39, 0.29) is 11.8 Å². The molecule has 2 aliphatic rings. The van der Waals surface area contributed by atoms with Crippen LogP contribution in [-0.4, -0.2) is 37.4 Å². The van der Waals surface area contributed by atoms with Crippen molar-refractivity contribution in [1.82, 2.24) is 10.6 Å². The average Bonchev–Trinajstić information content (AvgIpc) is 3.58. The van der Waals surface area contributed by atoms with E-state index in [0.717, 1.165) is 66.6 Å². The van der Waals surface area contributed by atoms with Crippen LogP contribution in [0, 0.1) is 5.92 Å². The molecule has 2 aliphatic heterocycles. The molecule has 5 rings (SSSR count). The highest BCUT2D eigenvalue weighted by molar-refractivity contribution is 7.09. The van der Waals surface area contributed by atoms with Crippen LogP contribution in [0.2, 0.25) is 0 Å². The van der Waals surface area contributed by atoms with Crippen LogP contribution in [0.4, 0.5) is 5.69 Å². The maximum atomic E-state index is 12.9. The first-order valence-electron chi connectivity index (χ1n) is 12.4. The van der Waals surface area contributed by atoms with Crippen molar-refractivity contribution in [3.8, 4) is 0 Å². The molecule has 36 heavy (non-hydrogen) atoms. The van der Waals surface area contributed by atoms with Crippen LogP contribution in [0.1, 0.15) is 56.0 Å². The first kappa shape index (κ1) is 24.2. The van der Waals surface area contributed by atoms with Crippen molar-refractivity contribution >= 4 is 34.7 Å². The Morgan fingerprint density at radius 3 is 2.58 bits per heavy atom. The van der Waals surface area contributed by atoms with Gasteiger partial charge >= 0.3 is 0 Å². The van der Waals surface area contributed by atoms with E-state index in [9.17, 15) is 9.59 Å². The number of fused-ring (bicyclic) bond motifs is 1. The number of amides is 2. The van der Waals surface area contributed by atoms with Crippen molar-refractivity contribution in [2.75, 3.05) is 25.1 Å². The highest BCUT2D eigenvalue weighted by atomic mass is 32.1. The zero-order valence-electron chi connectivity index (χ0n) is 20.1. The second-order valence-corrected chi connectivity index (χ2v) is 10.1. The van der Waals surface area contributed by atoms with E-state index < -0.39 is 0 Å². The Bertz CT molecular complexity index is 1230. The van der Waals surface area contributed by atoms with Gasteiger partial charge in [-0.2, -0.15) is 0 Å². The van der Waals surface area contributed by atoms with Crippen LogP contribution >= 0.6 is 11.3 Å². The lowest BCUT2D eigenvalue weighted by molar-refractivity contribution is 0.0649. The lowest BCUT2D eigenvalue weighted by Crippen LogP contribution is -2.30. The minimum atomic E-state index is -0.220. The van der Waals surface area contributed by atoms with Gasteiger partial charge in [0.25, 0.3) is 11.8 Å². The van der Waals surface area contributed by atoms with Crippen LogP contribution in [-0.2, 0) is 17.8 Å². The van der Waals surface area contributed by atoms with E-state index in [0.29, 0.717) is 30.1 Å². The summed E-state index contributed by atoms with van der Waals surface area (Å²) in [6.45, 7) is 3.62. The number of anilines is 1. The Hall–Kier alpha value is -3.49. The smallest absolute Gasteiger partial charge is 0.256 e. The number of aliphatic imine (C=N–C) groups is 1. The van der Waals surface area contributed by atoms with E-state index in [4.69, 9.17) is 4.74 Å². The molecule has 1 fully saturated rings. The van der Waals surface area contributed by atoms with Crippen molar-refractivity contribution < 1.29 is 14.3 Å². The SMILES string of the molecule is O=C(NCc1cccs1)c1ccc2c(c1)C(NC(=O)c1ccc(NCCC3CCOCC3)cc1)=NC2. The average molecular weight is 503 g/mol. The number of benzene rings is 2. The molecule has 2 aromatic carbocycles. The Labute approximate surface area is 215 Å². The summed E-state index contributed by atoms with van der Waals surface area (Å²) in [4.78, 5) is 31.1. The van der Waals surface area contributed by atoms with E-state index >= 15 is 0 Å². The Morgan fingerprint density at radius 1 is 1.00 bits per heavy atom. The minimum Gasteiger partial charge on any atom is -0.385 e. The van der Waals surface area contributed by atoms with Gasteiger partial charge in [0.15, 0.2) is 0 Å². The monoisotopic (exact) mass is 502 g/mol. The number of ether oxygens (including phenoxy) is 1. The summed E-state index contributed by atoms with van der Waals surface area (Å²) in [7, 11) is 0. The standard InChI is InChI=1S/C28H30N4O3S/c33-27(31-18-24-2-1-15-36-24)21-3-4-22-17-30-26(25(22)16-21)32-28(34)20-5-7-23(8-6-20)29-12-9-19-10-13-35-14-11-19/h1-8,15-16,19,29H,9-14,17-18H2,(H,31,33)(H,30,32,34). The predicted octanol–water partition coefficient (Wildman–Crippen LogP) is 4.60. The number of carbonyl (C=O) groups excluding carboxylic acids is 2. The fourth-order valence-corrected chi connectivity index (χ4v) is 5.13. The molecule has 3 aromatic rings. The van der Waals surface area contributed by atoms with Crippen molar-refractivity contribution in [2.45, 2.75) is 32.4 Å². The molecule has 0 radical (unpaired) electrons. The predicted molar refractivity (Wildman–Crippen MR) is 143 cm³/mol. The van der Waals surface area contributed by atoms with Crippen LogP contribution in [0.15, 0.2) is 65.0 Å². The lowest BCUT2D eigenvalue weighted by atomic mass is 9.97. The van der Waals surface area contributed by atoms with Crippen LogP contribution < -0.4 is 16.0 Å². The number of thiophene rings is 1. The Kier molecular flexibility index (Phi) is 7.73. The third-order valence-corrected chi connectivity index (χ3v) is 7.52. The van der Waals surface area contributed by atoms with Gasteiger partial charge in [-0.05, 0) is 78.6 Å². The molecule has 0 bridgehead atoms. The Morgan fingerprint density at radius 2 is 1.81 bits per heavy atom. The largest absolute Gasteiger partial charge is 0.385 e. The van der Waals surface area contributed by atoms with Gasteiger partial charge in [0.2, 0.25) is 0 Å². The van der Waals surface area contributed by atoms with E-state index in [1.807, 2.05) is 47.8 Å². The van der Waals surface area contributed by atoms with Crippen LogP contribution in [0.25, 0.3) is 0 Å². The third kappa shape index (κ3) is 6.01. The fraction of sp³-hybridized carbons (Fsp3) is 0.321. The zero-order valence-corrected chi connectivity index (χ0v) is 20.9. The minimum absolute atomic E-state index is 0.149. The maximum absolute atomic E-state index is 12.9. The fourth-order valence-electron chi connectivity index (χ4n) is 4.49. The molecule has 3 N–H and O–H groups in total. The number of nitrogens with one attached hydrogen (secondary N) is 3. The van der Waals surface area contributed by atoms with E-state index in [2.05, 4.69) is 20.9 Å². The lowest BCUT2D eigenvalue weighted by Gasteiger charge is -2.22. The van der Waals surface area contributed by atoms with Crippen molar-refractivity contribution in [1.29, 1.82) is 0 Å². The molecule has 0 spiro atoms. The number of amidine groups is 1. The maximum Gasteiger partial charge on any atom is 0.256 e. The molecule has 2 amide bonds. The van der Waals surface area contributed by atoms with Gasteiger partial charge < -0.3 is 20.7 Å². The molecule has 1 aromatic heterocycles. The van der Waals surface area contributed by atoms with Gasteiger partial charge in [0, 0.05) is 47.0 Å². The molecular formula is C28H30N4O3S. The summed E-state index contributed by atoms with van der Waals surface area (Å²) in [5.41, 5.74) is 3.89. The summed E-state index contributed by atoms with van der Waals surface area (Å²) >= 11 is 1.61. The van der Waals surface area contributed by atoms with Gasteiger partial charge in [-0.1, -0.05) is 12.1 Å². The number of rotatable bonds is 8. The molecule has 1 saturated heterocycles. The summed E-state index contributed by atoms with van der Waals surface area (Å²) in [5, 5.41) is 11.3. The van der Waals surface area contributed by atoms with Gasteiger partial charge in [0.1, 0.15) is 5.84 Å². The van der Waals surface area contributed by atoms with Crippen molar-refractivity contribution in [2.24, 2.45) is 10.9 Å². The first-order valence-corrected chi connectivity index (χ1v) is 13.2. The number of carbonyl (C=O) groups is 2. The molecule has 8 heteroatoms. The van der Waals surface area contributed by atoms with E-state index in [1.54, 1.807) is 23.5 Å². The quantitative estimate of drug-likeness (QED) is 0.420. The van der Waals surface area contributed by atoms with E-state index in [1.165, 1.54) is 0 Å². The summed E-state index contributed by atoms with van der Waals surface area (Å²) < 4.78 is 5.42. The molecule has 3 heterocycles. The molecule has 0 atom stereocenters. The number of hydrogen-bond acceptors (Lipinski definition) is 6. The third-order valence-electron chi connectivity index (χ3n) is 6.64. The molecule has 186 valence electrons. The molecule has 0 saturated carbocycles. The highest BCUT2D eigenvalue weighted by Crippen LogP contribution is 2.21. The highest BCUT2D eigenvalue weighted by Gasteiger charge is 2.21. The zero-order chi connectivity index (χ0) is 24.7. The summed E-state index contributed by atoms with van der Waals surface area (Å²) in [5.74, 6) is 0.854. The molecule has 0 unspecified atom stereocenters. The number of nitrogens with zero attached hydrogens (tertiary/aromatic N) is 1. The van der Waals surface area contributed by atoms with Gasteiger partial charge in [-0.3, -0.25) is 14.6 Å². The molecular weight excluding hydrogens is 472 g/mol. The molecule has 0 aliphatic carbocycles. The van der Waals surface area contributed by atoms with Gasteiger partial charge in [-0.15, -0.1) is 11.3 Å². The normalized spacial score (nSPS) is 15.2. The Balaban J connectivity index is 1.15. The summed E-state index contributed by atoms with van der Waals surface area (Å²) in [6.07, 6.45) is 3.39. The first-order chi connectivity index (χ1) is 17.7. The van der Waals surface area contributed by atoms with Crippen molar-refractivity contribution in [3.63, 3.8) is 0 Å². The van der Waals surface area contributed by atoms with Crippen molar-refractivity contribution in [3.05, 3.63) is 87.1 Å². The second-order valence-electron chi connectivity index (χ2n) is 9.10. The molecule has 7 nitrogen and oxygen atoms in total. The summed E-state index contributed by atoms with van der Waals surface area (Å²) in [6, 6.07) is 17.0. The van der Waals surface area contributed by atoms with Crippen LogP contribution in [0.3, 0.4) is 0 Å². The van der Waals surface area contributed by atoms with Crippen LogP contribution in [0.5, 0.6) is 0 Å².